The number of carbonyl (C=O) groups excluding carboxylic acids is 2. The molecule has 1 aromatic carbocycles. The van der Waals surface area contributed by atoms with E-state index < -0.39 is 11.7 Å². The van der Waals surface area contributed by atoms with E-state index in [1.165, 1.54) is 7.11 Å². The SMILES string of the molecule is COC(=O)OC1=C(c2ccccc2C)C(=O)NC12CCC(OC)CC2. The fraction of sp³-hybridized carbons (Fsp3) is 0.474. The monoisotopic (exact) mass is 345 g/mol. The van der Waals surface area contributed by atoms with Crippen LogP contribution in [-0.2, 0) is 19.0 Å². The molecule has 0 saturated heterocycles. The number of rotatable bonds is 3. The normalized spacial score (nSPS) is 25.9. The number of hydrogen-bond acceptors (Lipinski definition) is 5. The highest BCUT2D eigenvalue weighted by Crippen LogP contribution is 2.44. The van der Waals surface area contributed by atoms with E-state index in [0.29, 0.717) is 24.2 Å². The Balaban J connectivity index is 2.07. The number of methoxy groups -OCH3 is 2. The van der Waals surface area contributed by atoms with Crippen molar-refractivity contribution in [3.8, 4) is 0 Å². The molecule has 1 spiro atoms. The maximum Gasteiger partial charge on any atom is 0.513 e. The molecule has 6 nitrogen and oxygen atoms in total. The first-order valence-electron chi connectivity index (χ1n) is 8.42. The maximum absolute atomic E-state index is 12.8. The summed E-state index contributed by atoms with van der Waals surface area (Å²) < 4.78 is 15.6. The van der Waals surface area contributed by atoms with Crippen molar-refractivity contribution in [1.29, 1.82) is 0 Å². The van der Waals surface area contributed by atoms with Crippen LogP contribution in [-0.4, -0.2) is 37.9 Å². The number of nitrogens with one attached hydrogen (secondary N) is 1. The van der Waals surface area contributed by atoms with Crippen molar-refractivity contribution in [2.24, 2.45) is 0 Å². The number of ether oxygens (including phenoxy) is 3. The van der Waals surface area contributed by atoms with Gasteiger partial charge in [0.05, 0.1) is 24.3 Å². The van der Waals surface area contributed by atoms with Gasteiger partial charge in [-0.15, -0.1) is 0 Å². The van der Waals surface area contributed by atoms with Gasteiger partial charge in [0.25, 0.3) is 5.91 Å². The van der Waals surface area contributed by atoms with Crippen LogP contribution < -0.4 is 5.32 Å². The van der Waals surface area contributed by atoms with E-state index in [1.807, 2.05) is 31.2 Å². The summed E-state index contributed by atoms with van der Waals surface area (Å²) in [4.78, 5) is 24.6. The number of carbonyl (C=O) groups is 2. The van der Waals surface area contributed by atoms with Crippen LogP contribution in [0.5, 0.6) is 0 Å². The second-order valence-electron chi connectivity index (χ2n) is 6.55. The molecule has 6 heteroatoms. The Morgan fingerprint density at radius 2 is 1.88 bits per heavy atom. The van der Waals surface area contributed by atoms with E-state index in [1.54, 1.807) is 7.11 Å². The third kappa shape index (κ3) is 3.14. The van der Waals surface area contributed by atoms with Crippen molar-refractivity contribution < 1.29 is 23.8 Å². The fourth-order valence-electron chi connectivity index (χ4n) is 3.72. The zero-order valence-electron chi connectivity index (χ0n) is 14.8. The molecule has 0 unspecified atom stereocenters. The van der Waals surface area contributed by atoms with E-state index in [2.05, 4.69) is 10.1 Å². The zero-order chi connectivity index (χ0) is 18.0. The minimum absolute atomic E-state index is 0.157. The molecule has 3 rings (SSSR count). The van der Waals surface area contributed by atoms with E-state index >= 15 is 0 Å². The lowest BCUT2D eigenvalue weighted by molar-refractivity contribution is -0.116. The summed E-state index contributed by atoms with van der Waals surface area (Å²) in [6.07, 6.45) is 2.21. The van der Waals surface area contributed by atoms with Crippen molar-refractivity contribution in [2.75, 3.05) is 14.2 Å². The number of benzene rings is 1. The molecular formula is C19H23NO5. The number of hydrogen-bond donors (Lipinski definition) is 1. The van der Waals surface area contributed by atoms with Gasteiger partial charge in [-0.2, -0.15) is 0 Å². The smallest absolute Gasteiger partial charge is 0.437 e. The first-order valence-corrected chi connectivity index (χ1v) is 8.42. The third-order valence-corrected chi connectivity index (χ3v) is 5.13. The van der Waals surface area contributed by atoms with Crippen LogP contribution in [0.15, 0.2) is 30.0 Å². The van der Waals surface area contributed by atoms with Gasteiger partial charge in [-0.25, -0.2) is 4.79 Å². The Labute approximate surface area is 147 Å². The average Bonchev–Trinajstić information content (AvgIpc) is 2.87. The highest BCUT2D eigenvalue weighted by molar-refractivity contribution is 6.23. The van der Waals surface area contributed by atoms with Crippen LogP contribution in [0.25, 0.3) is 5.57 Å². The van der Waals surface area contributed by atoms with E-state index in [4.69, 9.17) is 9.47 Å². The second kappa shape index (κ2) is 6.88. The zero-order valence-corrected chi connectivity index (χ0v) is 14.8. The topological polar surface area (TPSA) is 73.9 Å². The van der Waals surface area contributed by atoms with Crippen LogP contribution in [0.3, 0.4) is 0 Å². The molecule has 2 aliphatic rings. The average molecular weight is 345 g/mol. The standard InChI is InChI=1S/C19H23NO5/c1-12-6-4-5-7-14(12)15-16(25-18(22)24-3)19(20-17(15)21)10-8-13(23-2)9-11-19/h4-7,13H,8-11H2,1-3H3,(H,20,21). The fourth-order valence-corrected chi connectivity index (χ4v) is 3.72. The first kappa shape index (κ1) is 17.5. The lowest BCUT2D eigenvalue weighted by Crippen LogP contribution is -2.49. The molecule has 134 valence electrons. The molecule has 0 atom stereocenters. The Morgan fingerprint density at radius 3 is 2.48 bits per heavy atom. The molecule has 0 bridgehead atoms. The van der Waals surface area contributed by atoms with Gasteiger partial charge < -0.3 is 19.5 Å². The van der Waals surface area contributed by atoms with E-state index in [9.17, 15) is 9.59 Å². The summed E-state index contributed by atoms with van der Waals surface area (Å²) in [6, 6.07) is 7.57. The quantitative estimate of drug-likeness (QED) is 0.853. The van der Waals surface area contributed by atoms with E-state index in [0.717, 1.165) is 24.0 Å². The number of aryl methyl sites for hydroxylation is 1. The molecule has 1 aliphatic carbocycles. The van der Waals surface area contributed by atoms with Crippen molar-refractivity contribution in [3.05, 3.63) is 41.2 Å². The molecule has 1 aliphatic heterocycles. The van der Waals surface area contributed by atoms with Gasteiger partial charge in [0.1, 0.15) is 5.76 Å². The van der Waals surface area contributed by atoms with Crippen LogP contribution in [0, 0.1) is 6.92 Å². The lowest BCUT2D eigenvalue weighted by Gasteiger charge is -2.37. The molecule has 25 heavy (non-hydrogen) atoms. The van der Waals surface area contributed by atoms with Crippen LogP contribution >= 0.6 is 0 Å². The first-order chi connectivity index (χ1) is 12.0. The van der Waals surface area contributed by atoms with Gasteiger partial charge in [0, 0.05) is 7.11 Å². The number of amides is 1. The summed E-state index contributed by atoms with van der Waals surface area (Å²) in [7, 11) is 2.95. The van der Waals surface area contributed by atoms with Gasteiger partial charge >= 0.3 is 6.16 Å². The maximum atomic E-state index is 12.8. The predicted molar refractivity (Wildman–Crippen MR) is 91.7 cm³/mol. The molecule has 1 aromatic rings. The lowest BCUT2D eigenvalue weighted by atomic mass is 9.79. The highest BCUT2D eigenvalue weighted by atomic mass is 16.7. The van der Waals surface area contributed by atoms with Crippen LogP contribution in [0.2, 0.25) is 0 Å². The summed E-state index contributed by atoms with van der Waals surface area (Å²) >= 11 is 0. The summed E-state index contributed by atoms with van der Waals surface area (Å²) in [5.74, 6) is 0.150. The van der Waals surface area contributed by atoms with Crippen molar-refractivity contribution in [3.63, 3.8) is 0 Å². The van der Waals surface area contributed by atoms with Gasteiger partial charge in [-0.3, -0.25) is 4.79 Å². The van der Waals surface area contributed by atoms with Crippen LogP contribution in [0.1, 0.15) is 36.8 Å². The van der Waals surface area contributed by atoms with Crippen molar-refractivity contribution in [2.45, 2.75) is 44.2 Å². The Hall–Kier alpha value is -2.34. The van der Waals surface area contributed by atoms with Gasteiger partial charge in [0.2, 0.25) is 0 Å². The summed E-state index contributed by atoms with van der Waals surface area (Å²) in [5, 5.41) is 3.07. The minimum atomic E-state index is -0.814. The van der Waals surface area contributed by atoms with Crippen LogP contribution in [0.4, 0.5) is 4.79 Å². The molecule has 0 radical (unpaired) electrons. The predicted octanol–water partition coefficient (Wildman–Crippen LogP) is 2.95. The molecule has 1 fully saturated rings. The van der Waals surface area contributed by atoms with E-state index in [-0.39, 0.29) is 12.0 Å². The van der Waals surface area contributed by atoms with Crippen molar-refractivity contribution >= 4 is 17.6 Å². The molecule has 0 aromatic heterocycles. The Morgan fingerprint density at radius 1 is 1.20 bits per heavy atom. The largest absolute Gasteiger partial charge is 0.513 e. The van der Waals surface area contributed by atoms with Crippen molar-refractivity contribution in [1.82, 2.24) is 5.32 Å². The molecule has 1 N–H and O–H groups in total. The minimum Gasteiger partial charge on any atom is -0.437 e. The molecule has 1 amide bonds. The second-order valence-corrected chi connectivity index (χ2v) is 6.55. The summed E-state index contributed by atoms with van der Waals surface area (Å²) in [6.45, 7) is 1.93. The van der Waals surface area contributed by atoms with Gasteiger partial charge in [0.15, 0.2) is 0 Å². The highest BCUT2D eigenvalue weighted by Gasteiger charge is 2.50. The molecule has 1 heterocycles. The van der Waals surface area contributed by atoms with Gasteiger partial charge in [-0.1, -0.05) is 24.3 Å². The van der Waals surface area contributed by atoms with Gasteiger partial charge in [-0.05, 0) is 43.7 Å². The Kier molecular flexibility index (Phi) is 4.81. The molecular weight excluding hydrogens is 322 g/mol. The third-order valence-electron chi connectivity index (χ3n) is 5.13. The Bertz CT molecular complexity index is 716. The molecule has 1 saturated carbocycles. The summed E-state index contributed by atoms with van der Waals surface area (Å²) in [5.41, 5.74) is 1.45.